The first-order valence-electron chi connectivity index (χ1n) is 10.2. The van der Waals surface area contributed by atoms with Gasteiger partial charge in [0, 0.05) is 51.1 Å². The second-order valence-corrected chi connectivity index (χ2v) is 8.19. The average molecular weight is 370 g/mol. The van der Waals surface area contributed by atoms with Gasteiger partial charge in [0.05, 0.1) is 6.54 Å². The van der Waals surface area contributed by atoms with E-state index in [9.17, 15) is 9.59 Å². The van der Waals surface area contributed by atoms with Crippen LogP contribution >= 0.6 is 0 Å². The molecule has 6 heteroatoms. The molecule has 0 aromatic heterocycles. The van der Waals surface area contributed by atoms with Gasteiger partial charge in [0.2, 0.25) is 11.8 Å². The minimum Gasteiger partial charge on any atom is -0.339 e. The van der Waals surface area contributed by atoms with Crippen LogP contribution in [0.25, 0.3) is 0 Å². The Labute approximate surface area is 161 Å². The number of amides is 2. The number of likely N-dealkylation sites (tertiary alicyclic amines) is 1. The summed E-state index contributed by atoms with van der Waals surface area (Å²) in [6, 6.07) is 10.5. The van der Waals surface area contributed by atoms with E-state index >= 15 is 0 Å². The van der Waals surface area contributed by atoms with Gasteiger partial charge >= 0.3 is 0 Å². The van der Waals surface area contributed by atoms with Gasteiger partial charge in [-0.1, -0.05) is 30.3 Å². The first-order valence-corrected chi connectivity index (χ1v) is 10.2. The Bertz CT molecular complexity index is 668. The van der Waals surface area contributed by atoms with E-state index in [2.05, 4.69) is 29.2 Å². The molecule has 0 radical (unpaired) electrons. The first kappa shape index (κ1) is 18.4. The highest BCUT2D eigenvalue weighted by atomic mass is 16.2. The lowest BCUT2D eigenvalue weighted by Crippen LogP contribution is -2.52. The molecule has 1 aromatic rings. The van der Waals surface area contributed by atoms with Crippen LogP contribution in [0.1, 0.15) is 24.3 Å². The highest BCUT2D eigenvalue weighted by molar-refractivity contribution is 5.82. The molecule has 0 bridgehead atoms. The molecule has 2 heterocycles. The molecule has 0 spiro atoms. The van der Waals surface area contributed by atoms with Gasteiger partial charge < -0.3 is 15.5 Å². The number of rotatable bonds is 5. The highest BCUT2D eigenvalue weighted by Gasteiger charge is 2.37. The van der Waals surface area contributed by atoms with E-state index in [-0.39, 0.29) is 17.7 Å². The maximum absolute atomic E-state index is 12.8. The van der Waals surface area contributed by atoms with Crippen molar-refractivity contribution in [3.63, 3.8) is 0 Å². The van der Waals surface area contributed by atoms with Gasteiger partial charge in [-0.05, 0) is 30.9 Å². The Kier molecular flexibility index (Phi) is 5.45. The van der Waals surface area contributed by atoms with Crippen LogP contribution in [0.4, 0.5) is 0 Å². The Morgan fingerprint density at radius 3 is 2.26 bits per heavy atom. The fourth-order valence-electron chi connectivity index (χ4n) is 4.46. The predicted molar refractivity (Wildman–Crippen MR) is 104 cm³/mol. The Morgan fingerprint density at radius 2 is 1.63 bits per heavy atom. The zero-order valence-corrected chi connectivity index (χ0v) is 15.9. The van der Waals surface area contributed by atoms with Crippen LogP contribution in [0.2, 0.25) is 0 Å². The number of nitrogens with two attached hydrogens (primary N) is 1. The van der Waals surface area contributed by atoms with Crippen molar-refractivity contribution in [3.8, 4) is 0 Å². The molecule has 4 rings (SSSR count). The molecular formula is C21H30N4O2. The van der Waals surface area contributed by atoms with Crippen LogP contribution in [-0.4, -0.2) is 78.9 Å². The lowest BCUT2D eigenvalue weighted by molar-refractivity contribution is -0.140. The summed E-state index contributed by atoms with van der Waals surface area (Å²) in [6.07, 6.45) is 2.08. The molecule has 1 aromatic carbocycles. The maximum atomic E-state index is 12.8. The van der Waals surface area contributed by atoms with E-state index in [0.717, 1.165) is 25.9 Å². The molecular weight excluding hydrogens is 340 g/mol. The minimum absolute atomic E-state index is 0.179. The number of hydrogen-bond donors (Lipinski definition) is 1. The lowest BCUT2D eigenvalue weighted by Gasteiger charge is -2.35. The second-order valence-electron chi connectivity index (χ2n) is 8.19. The number of carbonyl (C=O) groups excluding carboxylic acids is 2. The van der Waals surface area contributed by atoms with Crippen molar-refractivity contribution in [2.75, 3.05) is 52.4 Å². The third-order valence-corrected chi connectivity index (χ3v) is 6.28. The first-order chi connectivity index (χ1) is 13.2. The van der Waals surface area contributed by atoms with E-state index < -0.39 is 0 Å². The number of carbonyl (C=O) groups is 2. The summed E-state index contributed by atoms with van der Waals surface area (Å²) in [6.45, 7) is 5.54. The van der Waals surface area contributed by atoms with Gasteiger partial charge in [-0.3, -0.25) is 14.5 Å². The smallest absolute Gasteiger partial charge is 0.236 e. The van der Waals surface area contributed by atoms with Gasteiger partial charge in [-0.15, -0.1) is 0 Å². The second kappa shape index (κ2) is 7.98. The van der Waals surface area contributed by atoms with Gasteiger partial charge in [-0.25, -0.2) is 0 Å². The summed E-state index contributed by atoms with van der Waals surface area (Å²) < 4.78 is 0. The number of benzene rings is 1. The standard InChI is InChI=1S/C21H30N4O2/c22-12-18-13-23(14-19(18)16-4-2-1-3-5-16)15-20(26)24-8-10-25(11-9-24)21(27)17-6-7-17/h1-5,17-19H,6-15,22H2/t18-,19+/m1/s1. The summed E-state index contributed by atoms with van der Waals surface area (Å²) in [5, 5.41) is 0. The summed E-state index contributed by atoms with van der Waals surface area (Å²) in [5.74, 6) is 1.53. The van der Waals surface area contributed by atoms with E-state index in [0.29, 0.717) is 51.1 Å². The van der Waals surface area contributed by atoms with Crippen LogP contribution < -0.4 is 5.73 Å². The zero-order chi connectivity index (χ0) is 18.8. The molecule has 3 fully saturated rings. The molecule has 2 aliphatic heterocycles. The quantitative estimate of drug-likeness (QED) is 0.830. The number of piperazine rings is 1. The van der Waals surface area contributed by atoms with Crippen molar-refractivity contribution < 1.29 is 9.59 Å². The van der Waals surface area contributed by atoms with Crippen LogP contribution in [0.15, 0.2) is 30.3 Å². The largest absolute Gasteiger partial charge is 0.339 e. The van der Waals surface area contributed by atoms with Crippen LogP contribution in [-0.2, 0) is 9.59 Å². The van der Waals surface area contributed by atoms with Crippen LogP contribution in [0.5, 0.6) is 0 Å². The monoisotopic (exact) mass is 370 g/mol. The summed E-state index contributed by atoms with van der Waals surface area (Å²) in [7, 11) is 0. The fourth-order valence-corrected chi connectivity index (χ4v) is 4.46. The Morgan fingerprint density at radius 1 is 0.963 bits per heavy atom. The molecule has 1 aliphatic carbocycles. The van der Waals surface area contributed by atoms with Gasteiger partial charge in [0.15, 0.2) is 0 Å². The van der Waals surface area contributed by atoms with Gasteiger partial charge in [0.25, 0.3) is 0 Å². The lowest BCUT2D eigenvalue weighted by atomic mass is 9.89. The van der Waals surface area contributed by atoms with Crippen molar-refractivity contribution in [2.24, 2.45) is 17.6 Å². The normalized spacial score (nSPS) is 26.4. The molecule has 27 heavy (non-hydrogen) atoms. The van der Waals surface area contributed by atoms with Gasteiger partial charge in [-0.2, -0.15) is 0 Å². The minimum atomic E-state index is 0.179. The van der Waals surface area contributed by atoms with E-state index in [1.165, 1.54) is 5.56 Å². The van der Waals surface area contributed by atoms with Crippen molar-refractivity contribution in [2.45, 2.75) is 18.8 Å². The molecule has 2 saturated heterocycles. The van der Waals surface area contributed by atoms with Crippen molar-refractivity contribution in [1.82, 2.24) is 14.7 Å². The van der Waals surface area contributed by atoms with E-state index in [1.807, 2.05) is 15.9 Å². The van der Waals surface area contributed by atoms with E-state index in [1.54, 1.807) is 0 Å². The summed E-state index contributed by atoms with van der Waals surface area (Å²) >= 11 is 0. The molecule has 2 N–H and O–H groups in total. The molecule has 1 saturated carbocycles. The SMILES string of the molecule is NC[C@@H]1CN(CC(=O)N2CCN(C(=O)C3CC3)CC2)C[C@H]1c1ccccc1. The third kappa shape index (κ3) is 4.17. The highest BCUT2D eigenvalue weighted by Crippen LogP contribution is 2.32. The number of hydrogen-bond acceptors (Lipinski definition) is 4. The number of nitrogens with zero attached hydrogens (tertiary/aromatic N) is 3. The van der Waals surface area contributed by atoms with Crippen molar-refractivity contribution >= 4 is 11.8 Å². The summed E-state index contributed by atoms with van der Waals surface area (Å²) in [5.41, 5.74) is 7.33. The Balaban J connectivity index is 1.29. The average Bonchev–Trinajstić information content (AvgIpc) is 3.48. The molecule has 6 nitrogen and oxygen atoms in total. The fraction of sp³-hybridized carbons (Fsp3) is 0.619. The maximum Gasteiger partial charge on any atom is 0.236 e. The van der Waals surface area contributed by atoms with Crippen molar-refractivity contribution in [3.05, 3.63) is 35.9 Å². The van der Waals surface area contributed by atoms with E-state index in [4.69, 9.17) is 5.73 Å². The molecule has 0 unspecified atom stereocenters. The molecule has 2 atom stereocenters. The predicted octanol–water partition coefficient (Wildman–Crippen LogP) is 0.742. The third-order valence-electron chi connectivity index (χ3n) is 6.28. The van der Waals surface area contributed by atoms with Crippen molar-refractivity contribution in [1.29, 1.82) is 0 Å². The van der Waals surface area contributed by atoms with Crippen LogP contribution in [0.3, 0.4) is 0 Å². The van der Waals surface area contributed by atoms with Gasteiger partial charge in [0.1, 0.15) is 0 Å². The zero-order valence-electron chi connectivity index (χ0n) is 15.9. The summed E-state index contributed by atoms with van der Waals surface area (Å²) in [4.78, 5) is 31.0. The molecule has 2 amide bonds. The molecule has 146 valence electrons. The topological polar surface area (TPSA) is 69.9 Å². The van der Waals surface area contributed by atoms with Crippen LogP contribution in [0, 0.1) is 11.8 Å². The Hall–Kier alpha value is -1.92. The molecule has 3 aliphatic rings.